The first-order valence-electron chi connectivity index (χ1n) is 3.54. The SMILES string of the molecule is O=C(O)n1cc(Br)c2ccncc21. The molecule has 2 aromatic rings. The van der Waals surface area contributed by atoms with E-state index in [1.54, 1.807) is 12.3 Å². The molecule has 5 heteroatoms. The number of hydrogen-bond acceptors (Lipinski definition) is 2. The zero-order valence-corrected chi connectivity index (χ0v) is 8.02. The fraction of sp³-hybridized carbons (Fsp3) is 0. The third-order valence-corrected chi connectivity index (χ3v) is 2.40. The molecule has 0 aliphatic rings. The van der Waals surface area contributed by atoms with Gasteiger partial charge in [0.2, 0.25) is 0 Å². The average molecular weight is 241 g/mol. The predicted molar refractivity (Wildman–Crippen MR) is 50.9 cm³/mol. The summed E-state index contributed by atoms with van der Waals surface area (Å²) >= 11 is 3.27. The lowest BCUT2D eigenvalue weighted by atomic mass is 10.3. The lowest BCUT2D eigenvalue weighted by Gasteiger charge is -1.94. The van der Waals surface area contributed by atoms with Crippen molar-refractivity contribution in [3.63, 3.8) is 0 Å². The summed E-state index contributed by atoms with van der Waals surface area (Å²) in [5.74, 6) is 0. The van der Waals surface area contributed by atoms with Crippen LogP contribution in [0.2, 0.25) is 0 Å². The molecule has 0 saturated carbocycles. The van der Waals surface area contributed by atoms with Crippen molar-refractivity contribution in [1.82, 2.24) is 9.55 Å². The average Bonchev–Trinajstić information content (AvgIpc) is 2.45. The van der Waals surface area contributed by atoms with Crippen molar-refractivity contribution >= 4 is 32.9 Å². The van der Waals surface area contributed by atoms with E-state index < -0.39 is 6.09 Å². The van der Waals surface area contributed by atoms with E-state index in [0.717, 1.165) is 14.4 Å². The highest BCUT2D eigenvalue weighted by Gasteiger charge is 2.09. The Balaban J connectivity index is 2.85. The van der Waals surface area contributed by atoms with Crippen LogP contribution in [0.1, 0.15) is 0 Å². The van der Waals surface area contributed by atoms with Crippen molar-refractivity contribution in [2.24, 2.45) is 0 Å². The summed E-state index contributed by atoms with van der Waals surface area (Å²) in [5.41, 5.74) is 0.585. The topological polar surface area (TPSA) is 55.1 Å². The van der Waals surface area contributed by atoms with Crippen LogP contribution in [0, 0.1) is 0 Å². The van der Waals surface area contributed by atoms with Gasteiger partial charge in [-0.15, -0.1) is 0 Å². The summed E-state index contributed by atoms with van der Waals surface area (Å²) in [4.78, 5) is 14.6. The van der Waals surface area contributed by atoms with Crippen molar-refractivity contribution < 1.29 is 9.90 Å². The van der Waals surface area contributed by atoms with Crippen molar-refractivity contribution in [2.45, 2.75) is 0 Å². The monoisotopic (exact) mass is 240 g/mol. The maximum atomic E-state index is 10.7. The molecule has 0 aliphatic carbocycles. The Morgan fingerprint density at radius 3 is 3.08 bits per heavy atom. The summed E-state index contributed by atoms with van der Waals surface area (Å²) in [6.45, 7) is 0. The highest BCUT2D eigenvalue weighted by Crippen LogP contribution is 2.24. The van der Waals surface area contributed by atoms with Crippen molar-refractivity contribution in [2.75, 3.05) is 0 Å². The van der Waals surface area contributed by atoms with Crippen LogP contribution in [0.25, 0.3) is 10.9 Å². The van der Waals surface area contributed by atoms with Gasteiger partial charge in [0.25, 0.3) is 0 Å². The van der Waals surface area contributed by atoms with Crippen LogP contribution in [0.5, 0.6) is 0 Å². The molecule has 0 fully saturated rings. The Morgan fingerprint density at radius 2 is 2.38 bits per heavy atom. The Bertz CT molecular complexity index is 478. The number of rotatable bonds is 0. The molecule has 0 unspecified atom stereocenters. The fourth-order valence-electron chi connectivity index (χ4n) is 1.19. The van der Waals surface area contributed by atoms with E-state index in [9.17, 15) is 4.79 Å². The number of halogens is 1. The summed E-state index contributed by atoms with van der Waals surface area (Å²) < 4.78 is 1.89. The smallest absolute Gasteiger partial charge is 0.416 e. The van der Waals surface area contributed by atoms with E-state index in [4.69, 9.17) is 5.11 Å². The second-order valence-corrected chi connectivity index (χ2v) is 3.38. The number of fused-ring (bicyclic) bond motifs is 1. The molecule has 0 bridgehead atoms. The first kappa shape index (κ1) is 8.25. The van der Waals surface area contributed by atoms with Gasteiger partial charge in [0.05, 0.1) is 11.7 Å². The number of carbonyl (C=O) groups is 1. The van der Waals surface area contributed by atoms with Crippen molar-refractivity contribution in [1.29, 1.82) is 0 Å². The molecule has 0 aromatic carbocycles. The van der Waals surface area contributed by atoms with Crippen LogP contribution in [0.3, 0.4) is 0 Å². The van der Waals surface area contributed by atoms with E-state index in [0.29, 0.717) is 5.52 Å². The van der Waals surface area contributed by atoms with Crippen LogP contribution in [-0.2, 0) is 0 Å². The van der Waals surface area contributed by atoms with Gasteiger partial charge in [0.1, 0.15) is 0 Å². The Hall–Kier alpha value is -1.36. The molecule has 2 aromatic heterocycles. The van der Waals surface area contributed by atoms with Gasteiger partial charge >= 0.3 is 6.09 Å². The maximum Gasteiger partial charge on any atom is 0.416 e. The van der Waals surface area contributed by atoms with E-state index in [1.165, 1.54) is 12.4 Å². The number of carboxylic acid groups (broad SMARTS) is 1. The molecule has 2 rings (SSSR count). The zero-order valence-electron chi connectivity index (χ0n) is 6.44. The standard InChI is InChI=1S/C8H5BrN2O2/c9-6-4-11(8(12)13)7-3-10-2-1-5(6)7/h1-4H,(H,12,13). The highest BCUT2D eigenvalue weighted by molar-refractivity contribution is 9.10. The minimum absolute atomic E-state index is 0.585. The second kappa shape index (κ2) is 2.85. The van der Waals surface area contributed by atoms with Gasteiger partial charge in [0.15, 0.2) is 0 Å². The van der Waals surface area contributed by atoms with Crippen molar-refractivity contribution in [3.05, 3.63) is 29.1 Å². The Labute approximate surface area is 81.9 Å². The van der Waals surface area contributed by atoms with Gasteiger partial charge in [-0.25, -0.2) is 4.79 Å². The van der Waals surface area contributed by atoms with Gasteiger partial charge < -0.3 is 5.11 Å². The Kier molecular flexibility index (Phi) is 1.81. The molecule has 0 aliphatic heterocycles. The second-order valence-electron chi connectivity index (χ2n) is 2.52. The van der Waals surface area contributed by atoms with Crippen molar-refractivity contribution in [3.8, 4) is 0 Å². The number of pyridine rings is 1. The molecule has 13 heavy (non-hydrogen) atoms. The number of nitrogens with zero attached hydrogens (tertiary/aromatic N) is 2. The van der Waals surface area contributed by atoms with Crippen LogP contribution in [0.15, 0.2) is 29.1 Å². The minimum atomic E-state index is -1.01. The summed E-state index contributed by atoms with van der Waals surface area (Å²) in [5, 5.41) is 9.66. The molecular weight excluding hydrogens is 236 g/mol. The normalized spacial score (nSPS) is 10.5. The number of hydrogen-bond donors (Lipinski definition) is 1. The maximum absolute atomic E-state index is 10.7. The van der Waals surface area contributed by atoms with E-state index in [-0.39, 0.29) is 0 Å². The lowest BCUT2D eigenvalue weighted by molar-refractivity contribution is 0.197. The minimum Gasteiger partial charge on any atom is -0.464 e. The van der Waals surface area contributed by atoms with Crippen LogP contribution >= 0.6 is 15.9 Å². The van der Waals surface area contributed by atoms with Gasteiger partial charge in [0, 0.05) is 22.3 Å². The van der Waals surface area contributed by atoms with Gasteiger partial charge in [-0.05, 0) is 22.0 Å². The molecule has 0 amide bonds. The summed E-state index contributed by atoms with van der Waals surface area (Å²) in [7, 11) is 0. The quantitative estimate of drug-likeness (QED) is 0.769. The molecule has 0 atom stereocenters. The third kappa shape index (κ3) is 1.21. The summed E-state index contributed by atoms with van der Waals surface area (Å²) in [6.07, 6.45) is 3.64. The van der Waals surface area contributed by atoms with Crippen LogP contribution in [-0.4, -0.2) is 20.8 Å². The summed E-state index contributed by atoms with van der Waals surface area (Å²) in [6, 6.07) is 1.76. The van der Waals surface area contributed by atoms with E-state index in [2.05, 4.69) is 20.9 Å². The van der Waals surface area contributed by atoms with Crippen LogP contribution in [0.4, 0.5) is 4.79 Å². The van der Waals surface area contributed by atoms with Crippen LogP contribution < -0.4 is 0 Å². The zero-order chi connectivity index (χ0) is 9.42. The molecule has 2 heterocycles. The Morgan fingerprint density at radius 1 is 1.62 bits per heavy atom. The molecule has 66 valence electrons. The van der Waals surface area contributed by atoms with E-state index >= 15 is 0 Å². The highest BCUT2D eigenvalue weighted by atomic mass is 79.9. The molecule has 0 radical (unpaired) electrons. The fourth-order valence-corrected chi connectivity index (χ4v) is 1.73. The van der Waals surface area contributed by atoms with Gasteiger partial charge in [-0.1, -0.05) is 0 Å². The van der Waals surface area contributed by atoms with E-state index in [1.807, 2.05) is 0 Å². The van der Waals surface area contributed by atoms with Gasteiger partial charge in [-0.2, -0.15) is 0 Å². The molecule has 4 nitrogen and oxygen atoms in total. The predicted octanol–water partition coefficient (Wildman–Crippen LogP) is 2.32. The molecule has 0 spiro atoms. The number of aromatic nitrogens is 2. The largest absolute Gasteiger partial charge is 0.464 e. The first-order valence-corrected chi connectivity index (χ1v) is 4.33. The molecular formula is C8H5BrN2O2. The first-order chi connectivity index (χ1) is 6.20. The van der Waals surface area contributed by atoms with Gasteiger partial charge in [-0.3, -0.25) is 9.55 Å². The molecule has 0 saturated heterocycles. The lowest BCUT2D eigenvalue weighted by Crippen LogP contribution is -2.05. The molecule has 1 N–H and O–H groups in total. The third-order valence-electron chi connectivity index (χ3n) is 1.77.